The van der Waals surface area contributed by atoms with E-state index in [1.165, 1.54) is 30.5 Å². The smallest absolute Gasteiger partial charge is 0.414 e. The van der Waals surface area contributed by atoms with Crippen LogP contribution in [0, 0.1) is 5.82 Å². The van der Waals surface area contributed by atoms with Gasteiger partial charge in [0, 0.05) is 22.3 Å². The Hall–Kier alpha value is -4.51. The lowest BCUT2D eigenvalue weighted by atomic mass is 10.1. The van der Waals surface area contributed by atoms with Gasteiger partial charge in [-0.25, -0.2) is 14.0 Å². The number of anilines is 2. The summed E-state index contributed by atoms with van der Waals surface area (Å²) in [4.78, 5) is 42.6. The lowest BCUT2D eigenvalue weighted by Gasteiger charge is -2.22. The number of pyridine rings is 1. The number of nitrogens with one attached hydrogen (secondary N) is 2. The van der Waals surface area contributed by atoms with Gasteiger partial charge in [-0.15, -0.1) is 0 Å². The first-order chi connectivity index (χ1) is 18.9. The Balaban J connectivity index is 1.31. The summed E-state index contributed by atoms with van der Waals surface area (Å²) < 4.78 is 25.1. The van der Waals surface area contributed by atoms with E-state index in [9.17, 15) is 18.8 Å². The monoisotopic (exact) mass is 594 g/mol. The summed E-state index contributed by atoms with van der Waals surface area (Å²) in [5, 5.41) is 7.14. The molecule has 3 aromatic carbocycles. The van der Waals surface area contributed by atoms with Gasteiger partial charge in [0.1, 0.15) is 19.0 Å². The van der Waals surface area contributed by atoms with Crippen LogP contribution >= 0.6 is 15.9 Å². The molecule has 200 valence electrons. The summed E-state index contributed by atoms with van der Waals surface area (Å²) in [5.74, 6) is -0.928. The first-order valence-electron chi connectivity index (χ1n) is 11.9. The van der Waals surface area contributed by atoms with E-state index in [0.29, 0.717) is 15.7 Å². The highest BCUT2D eigenvalue weighted by Crippen LogP contribution is 2.23. The molecule has 3 amide bonds. The standard InChI is InChI=1S/C28H24BrFN4O5/c29-21-15-20(17-31-18-21)26(35)32-11-13-39-28(37)34(23-8-4-7-22(30)16-23)12-14-38-27(36)33-25-10-3-6-19-5-1-2-9-24(19)25/h1-10,15-18H,11-14H2,(H,32,35)(H,33,36). The third-order valence-corrected chi connectivity index (χ3v) is 5.93. The normalized spacial score (nSPS) is 10.5. The number of fused-ring (bicyclic) bond motifs is 1. The number of hydrogen-bond acceptors (Lipinski definition) is 6. The number of carbonyl (C=O) groups is 3. The molecule has 39 heavy (non-hydrogen) atoms. The van der Waals surface area contributed by atoms with Gasteiger partial charge in [0.25, 0.3) is 5.91 Å². The van der Waals surface area contributed by atoms with Crippen LogP contribution in [0.4, 0.5) is 25.4 Å². The van der Waals surface area contributed by atoms with E-state index in [2.05, 4.69) is 31.5 Å². The molecule has 11 heteroatoms. The highest BCUT2D eigenvalue weighted by Gasteiger charge is 2.19. The second-order valence-corrected chi connectivity index (χ2v) is 9.10. The third-order valence-electron chi connectivity index (χ3n) is 5.49. The summed E-state index contributed by atoms with van der Waals surface area (Å²) >= 11 is 3.25. The van der Waals surface area contributed by atoms with Crippen LogP contribution in [-0.4, -0.2) is 49.4 Å². The highest BCUT2D eigenvalue weighted by atomic mass is 79.9. The highest BCUT2D eigenvalue weighted by molar-refractivity contribution is 9.10. The van der Waals surface area contributed by atoms with E-state index in [-0.39, 0.29) is 37.9 Å². The molecule has 1 heterocycles. The molecule has 0 unspecified atom stereocenters. The number of rotatable bonds is 9. The van der Waals surface area contributed by atoms with E-state index in [0.717, 1.165) is 15.7 Å². The first kappa shape index (κ1) is 27.5. The van der Waals surface area contributed by atoms with E-state index in [4.69, 9.17) is 9.47 Å². The summed E-state index contributed by atoms with van der Waals surface area (Å²) in [5.41, 5.74) is 1.15. The van der Waals surface area contributed by atoms with Gasteiger partial charge >= 0.3 is 12.2 Å². The quantitative estimate of drug-likeness (QED) is 0.238. The predicted molar refractivity (Wildman–Crippen MR) is 148 cm³/mol. The lowest BCUT2D eigenvalue weighted by molar-refractivity contribution is 0.0935. The first-order valence-corrected chi connectivity index (χ1v) is 12.7. The zero-order valence-electron chi connectivity index (χ0n) is 20.6. The van der Waals surface area contributed by atoms with Gasteiger partial charge < -0.3 is 14.8 Å². The van der Waals surface area contributed by atoms with Crippen LogP contribution in [-0.2, 0) is 9.47 Å². The van der Waals surface area contributed by atoms with Gasteiger partial charge in [0.15, 0.2) is 0 Å². The van der Waals surface area contributed by atoms with Crippen LogP contribution in [0.15, 0.2) is 89.7 Å². The second-order valence-electron chi connectivity index (χ2n) is 8.18. The van der Waals surface area contributed by atoms with Crippen molar-refractivity contribution in [2.75, 3.05) is 36.5 Å². The molecule has 2 N–H and O–H groups in total. The van der Waals surface area contributed by atoms with Gasteiger partial charge in [-0.05, 0) is 51.6 Å². The molecule has 0 aliphatic carbocycles. The molecule has 4 rings (SSSR count). The molecule has 0 aliphatic rings. The Bertz CT molecular complexity index is 1480. The number of carbonyl (C=O) groups excluding carboxylic acids is 3. The van der Waals surface area contributed by atoms with Crippen molar-refractivity contribution >= 4 is 56.2 Å². The van der Waals surface area contributed by atoms with E-state index < -0.39 is 18.0 Å². The maximum atomic E-state index is 13.9. The molecule has 0 bridgehead atoms. The molecule has 0 radical (unpaired) electrons. The minimum atomic E-state index is -0.794. The molecule has 0 atom stereocenters. The van der Waals surface area contributed by atoms with E-state index in [1.54, 1.807) is 18.3 Å². The van der Waals surface area contributed by atoms with Crippen LogP contribution in [0.3, 0.4) is 0 Å². The van der Waals surface area contributed by atoms with Crippen LogP contribution < -0.4 is 15.5 Å². The van der Waals surface area contributed by atoms with Crippen molar-refractivity contribution in [2.45, 2.75) is 0 Å². The minimum absolute atomic E-state index is 0.0397. The van der Waals surface area contributed by atoms with Gasteiger partial charge in [-0.3, -0.25) is 20.0 Å². The second kappa shape index (κ2) is 13.3. The Labute approximate surface area is 232 Å². The fourth-order valence-corrected chi connectivity index (χ4v) is 4.06. The van der Waals surface area contributed by atoms with Gasteiger partial charge in [0.05, 0.1) is 30.0 Å². The number of amides is 3. The van der Waals surface area contributed by atoms with Crippen LogP contribution in [0.5, 0.6) is 0 Å². The zero-order chi connectivity index (χ0) is 27.6. The number of benzene rings is 3. The number of halogens is 2. The minimum Gasteiger partial charge on any atom is -0.447 e. The van der Waals surface area contributed by atoms with Gasteiger partial charge in [-0.2, -0.15) is 0 Å². The molecule has 1 aromatic heterocycles. The predicted octanol–water partition coefficient (Wildman–Crippen LogP) is 5.76. The van der Waals surface area contributed by atoms with E-state index in [1.807, 2.05) is 36.4 Å². The fraction of sp³-hybridized carbons (Fsp3) is 0.143. The van der Waals surface area contributed by atoms with Crippen molar-refractivity contribution in [1.82, 2.24) is 10.3 Å². The van der Waals surface area contributed by atoms with Crippen molar-refractivity contribution in [3.63, 3.8) is 0 Å². The zero-order valence-corrected chi connectivity index (χ0v) is 22.2. The van der Waals surface area contributed by atoms with Crippen molar-refractivity contribution in [1.29, 1.82) is 0 Å². The number of ether oxygens (including phenoxy) is 2. The fourth-order valence-electron chi connectivity index (χ4n) is 3.70. The summed E-state index contributed by atoms with van der Waals surface area (Å²) in [6, 6.07) is 20.1. The van der Waals surface area contributed by atoms with Crippen molar-refractivity contribution in [3.8, 4) is 0 Å². The third kappa shape index (κ3) is 7.74. The molecule has 0 spiro atoms. The number of nitrogens with zero attached hydrogens (tertiary/aromatic N) is 2. The Morgan fingerprint density at radius 2 is 1.72 bits per heavy atom. The number of aromatic nitrogens is 1. The maximum Gasteiger partial charge on any atom is 0.414 e. The summed E-state index contributed by atoms with van der Waals surface area (Å²) in [7, 11) is 0. The van der Waals surface area contributed by atoms with Gasteiger partial charge in [-0.1, -0.05) is 42.5 Å². The maximum absolute atomic E-state index is 13.9. The molecular formula is C28H24BrFN4O5. The molecule has 0 saturated heterocycles. The topological polar surface area (TPSA) is 110 Å². The van der Waals surface area contributed by atoms with Crippen LogP contribution in [0.25, 0.3) is 10.8 Å². The summed E-state index contributed by atoms with van der Waals surface area (Å²) in [6.45, 7) is -0.381. The van der Waals surface area contributed by atoms with E-state index >= 15 is 0 Å². The van der Waals surface area contributed by atoms with Crippen molar-refractivity contribution < 1.29 is 28.2 Å². The lowest BCUT2D eigenvalue weighted by Crippen LogP contribution is -2.37. The van der Waals surface area contributed by atoms with Crippen LogP contribution in [0.1, 0.15) is 10.4 Å². The molecule has 0 aliphatic heterocycles. The molecule has 4 aromatic rings. The SMILES string of the molecule is O=C(Nc1cccc2ccccc12)OCCN(C(=O)OCCNC(=O)c1cncc(Br)c1)c1cccc(F)c1. The number of hydrogen-bond donors (Lipinski definition) is 2. The molecule has 9 nitrogen and oxygen atoms in total. The molecular weight excluding hydrogens is 571 g/mol. The largest absolute Gasteiger partial charge is 0.447 e. The molecule has 0 fully saturated rings. The average Bonchev–Trinajstić information content (AvgIpc) is 2.93. The van der Waals surface area contributed by atoms with Crippen molar-refractivity contribution in [2.24, 2.45) is 0 Å². The Morgan fingerprint density at radius 1 is 0.923 bits per heavy atom. The summed E-state index contributed by atoms with van der Waals surface area (Å²) in [6.07, 6.45) is 1.46. The van der Waals surface area contributed by atoms with Crippen molar-refractivity contribution in [3.05, 3.63) is 101 Å². The van der Waals surface area contributed by atoms with Crippen LogP contribution in [0.2, 0.25) is 0 Å². The van der Waals surface area contributed by atoms with Gasteiger partial charge in [0.2, 0.25) is 0 Å². The average molecular weight is 595 g/mol. The Kier molecular flexibility index (Phi) is 9.41. The molecule has 0 saturated carbocycles. The Morgan fingerprint density at radius 3 is 2.54 bits per heavy atom.